The Morgan fingerprint density at radius 1 is 0.692 bits per heavy atom. The van der Waals surface area contributed by atoms with Crippen LogP contribution in [0.25, 0.3) is 0 Å². The highest BCUT2D eigenvalue weighted by Crippen LogP contribution is 2.43. The van der Waals surface area contributed by atoms with Gasteiger partial charge in [0.2, 0.25) is 0 Å². The Balaban J connectivity index is 5.06. The first-order valence-electron chi connectivity index (χ1n) is 5.43. The van der Waals surface area contributed by atoms with Crippen LogP contribution in [-0.2, 0) is 5.11 Å². The van der Waals surface area contributed by atoms with E-state index < -0.39 is 8.07 Å². The molecule has 0 aromatic heterocycles. The van der Waals surface area contributed by atoms with E-state index in [0.717, 1.165) is 0 Å². The minimum absolute atomic E-state index is 0.340. The van der Waals surface area contributed by atoms with Crippen LogP contribution in [0.2, 0.25) is 16.6 Å². The molecule has 1 radical (unpaired) electrons. The van der Waals surface area contributed by atoms with Crippen LogP contribution >= 0.6 is 0 Å². The van der Waals surface area contributed by atoms with Gasteiger partial charge in [0.15, 0.2) is 0 Å². The van der Waals surface area contributed by atoms with E-state index in [-0.39, 0.29) is 5.73 Å². The van der Waals surface area contributed by atoms with Gasteiger partial charge in [-0.1, -0.05) is 41.5 Å². The largest absolute Gasteiger partial charge is 0.237 e. The van der Waals surface area contributed by atoms with E-state index in [1.54, 1.807) is 0 Å². The second-order valence-electron chi connectivity index (χ2n) is 5.11. The SMILES string of the molecule is CC(C)[Si](C(C)C)(C(C)C)C(C)[O]. The zero-order chi connectivity index (χ0) is 10.8. The van der Waals surface area contributed by atoms with Crippen LogP contribution in [0.4, 0.5) is 0 Å². The van der Waals surface area contributed by atoms with Crippen LogP contribution in [-0.4, -0.2) is 13.8 Å². The number of rotatable bonds is 4. The Kier molecular flexibility index (Phi) is 4.67. The molecule has 1 unspecified atom stereocenters. The highest BCUT2D eigenvalue weighted by atomic mass is 28.3. The van der Waals surface area contributed by atoms with Gasteiger partial charge in [0.05, 0.1) is 13.8 Å². The van der Waals surface area contributed by atoms with Gasteiger partial charge in [-0.2, -0.15) is 0 Å². The van der Waals surface area contributed by atoms with Crippen molar-refractivity contribution in [1.29, 1.82) is 0 Å². The zero-order valence-electron chi connectivity index (χ0n) is 10.2. The minimum atomic E-state index is -1.66. The Labute approximate surface area is 84.6 Å². The highest BCUT2D eigenvalue weighted by Gasteiger charge is 2.47. The molecule has 0 fully saturated rings. The van der Waals surface area contributed by atoms with E-state index in [9.17, 15) is 5.11 Å². The van der Waals surface area contributed by atoms with E-state index in [0.29, 0.717) is 16.6 Å². The van der Waals surface area contributed by atoms with Gasteiger partial charge < -0.3 is 0 Å². The van der Waals surface area contributed by atoms with Gasteiger partial charge in [0, 0.05) is 0 Å². The lowest BCUT2D eigenvalue weighted by Crippen LogP contribution is -2.53. The Morgan fingerprint density at radius 2 is 0.923 bits per heavy atom. The Morgan fingerprint density at radius 3 is 0.923 bits per heavy atom. The van der Waals surface area contributed by atoms with Crippen molar-refractivity contribution in [2.75, 3.05) is 0 Å². The molecule has 13 heavy (non-hydrogen) atoms. The second-order valence-corrected chi connectivity index (χ2v) is 11.4. The van der Waals surface area contributed by atoms with Crippen molar-refractivity contribution >= 4 is 8.07 Å². The fourth-order valence-corrected chi connectivity index (χ4v) is 10.2. The summed E-state index contributed by atoms with van der Waals surface area (Å²) in [5.74, 6) is 0. The van der Waals surface area contributed by atoms with Crippen molar-refractivity contribution in [2.24, 2.45) is 0 Å². The van der Waals surface area contributed by atoms with Crippen molar-refractivity contribution in [2.45, 2.75) is 70.8 Å². The molecule has 0 aliphatic rings. The van der Waals surface area contributed by atoms with E-state index in [2.05, 4.69) is 41.5 Å². The zero-order valence-corrected chi connectivity index (χ0v) is 11.2. The van der Waals surface area contributed by atoms with Crippen molar-refractivity contribution in [1.82, 2.24) is 0 Å². The standard InChI is InChI=1S/C11H25OSi/c1-8(2)13(9(3)4,10(5)6)11(7)12/h8-11H,1-7H3. The maximum absolute atomic E-state index is 11.9. The average molecular weight is 201 g/mol. The van der Waals surface area contributed by atoms with Crippen LogP contribution < -0.4 is 0 Å². The third kappa shape index (κ3) is 2.16. The highest BCUT2D eigenvalue weighted by molar-refractivity contribution is 6.84. The lowest BCUT2D eigenvalue weighted by molar-refractivity contribution is 0.157. The van der Waals surface area contributed by atoms with Gasteiger partial charge >= 0.3 is 0 Å². The Bertz CT molecular complexity index is 113. The maximum atomic E-state index is 11.9. The summed E-state index contributed by atoms with van der Waals surface area (Å²) < 4.78 is 0. The summed E-state index contributed by atoms with van der Waals surface area (Å²) >= 11 is 0. The maximum Gasteiger partial charge on any atom is 0.0990 e. The molecular formula is C11H25OSi. The molecule has 2 heteroatoms. The average Bonchev–Trinajstić information content (AvgIpc) is 1.82. The fraction of sp³-hybridized carbons (Fsp3) is 1.00. The summed E-state index contributed by atoms with van der Waals surface area (Å²) in [7, 11) is -1.66. The first-order chi connectivity index (χ1) is 5.77. The predicted molar refractivity (Wildman–Crippen MR) is 61.2 cm³/mol. The summed E-state index contributed by atoms with van der Waals surface area (Å²) in [6.45, 7) is 15.3. The van der Waals surface area contributed by atoms with E-state index >= 15 is 0 Å². The molecule has 0 N–H and O–H groups in total. The van der Waals surface area contributed by atoms with Crippen LogP contribution in [0.5, 0.6) is 0 Å². The van der Waals surface area contributed by atoms with E-state index in [4.69, 9.17) is 0 Å². The van der Waals surface area contributed by atoms with Gasteiger partial charge in [-0.25, -0.2) is 5.11 Å². The van der Waals surface area contributed by atoms with E-state index in [1.807, 2.05) is 6.92 Å². The van der Waals surface area contributed by atoms with Crippen LogP contribution in [0.3, 0.4) is 0 Å². The quantitative estimate of drug-likeness (QED) is 0.612. The molecule has 0 aromatic rings. The third-order valence-corrected chi connectivity index (χ3v) is 11.1. The molecular weight excluding hydrogens is 176 g/mol. The summed E-state index contributed by atoms with van der Waals surface area (Å²) in [5.41, 5.74) is 1.45. The molecule has 0 rings (SSSR count). The molecule has 0 aliphatic heterocycles. The molecule has 1 atom stereocenters. The van der Waals surface area contributed by atoms with Gasteiger partial charge in [-0.05, 0) is 23.5 Å². The molecule has 0 saturated carbocycles. The molecule has 0 spiro atoms. The molecule has 0 saturated heterocycles. The number of hydrogen-bond acceptors (Lipinski definition) is 0. The van der Waals surface area contributed by atoms with Crippen LogP contribution in [0.15, 0.2) is 0 Å². The molecule has 0 amide bonds. The van der Waals surface area contributed by atoms with Gasteiger partial charge in [0.1, 0.15) is 0 Å². The van der Waals surface area contributed by atoms with Gasteiger partial charge in [-0.3, -0.25) is 0 Å². The molecule has 1 nitrogen and oxygen atoms in total. The Hall–Kier alpha value is 0.177. The number of hydrogen-bond donors (Lipinski definition) is 0. The lowest BCUT2D eigenvalue weighted by atomic mass is 10.5. The summed E-state index contributed by atoms with van der Waals surface area (Å²) in [6.07, 6.45) is 0. The molecule has 79 valence electrons. The predicted octanol–water partition coefficient (Wildman–Crippen LogP) is 4.02. The first-order valence-corrected chi connectivity index (χ1v) is 7.74. The summed E-state index contributed by atoms with van der Waals surface area (Å²) in [4.78, 5) is 0. The molecule has 0 heterocycles. The van der Waals surface area contributed by atoms with Crippen molar-refractivity contribution in [3.63, 3.8) is 0 Å². The molecule has 0 bridgehead atoms. The van der Waals surface area contributed by atoms with Crippen molar-refractivity contribution in [3.05, 3.63) is 0 Å². The van der Waals surface area contributed by atoms with Gasteiger partial charge in [0.25, 0.3) is 0 Å². The summed E-state index contributed by atoms with van der Waals surface area (Å²) in [5, 5.41) is 11.9. The lowest BCUT2D eigenvalue weighted by Gasteiger charge is -2.44. The van der Waals surface area contributed by atoms with Crippen LogP contribution in [0.1, 0.15) is 48.5 Å². The third-order valence-electron chi connectivity index (χ3n) is 3.70. The topological polar surface area (TPSA) is 19.9 Å². The molecule has 0 aromatic carbocycles. The van der Waals surface area contributed by atoms with Crippen molar-refractivity contribution in [3.8, 4) is 0 Å². The smallest absolute Gasteiger partial charge is 0.0990 e. The molecule has 0 aliphatic carbocycles. The van der Waals surface area contributed by atoms with E-state index in [1.165, 1.54) is 0 Å². The fourth-order valence-electron chi connectivity index (χ4n) is 3.41. The normalized spacial score (nSPS) is 15.9. The second kappa shape index (κ2) is 4.60. The van der Waals surface area contributed by atoms with Gasteiger partial charge in [-0.15, -0.1) is 0 Å². The summed E-state index contributed by atoms with van der Waals surface area (Å²) in [6, 6.07) is 0. The monoisotopic (exact) mass is 201 g/mol. The minimum Gasteiger partial charge on any atom is -0.237 e. The van der Waals surface area contributed by atoms with Crippen LogP contribution in [0, 0.1) is 0 Å². The first kappa shape index (κ1) is 13.2. The van der Waals surface area contributed by atoms with Crippen molar-refractivity contribution < 1.29 is 5.11 Å².